The number of anilines is 1. The van der Waals surface area contributed by atoms with Gasteiger partial charge < -0.3 is 5.32 Å². The van der Waals surface area contributed by atoms with Gasteiger partial charge in [-0.15, -0.1) is 0 Å². The maximum Gasteiger partial charge on any atom is 0.174 e. The summed E-state index contributed by atoms with van der Waals surface area (Å²) < 4.78 is 1.66. The standard InChI is InChI=1S/C11H15ClN4/c1-4-6-9(7-13-3)16-8-10(14-5-2)11(12)15-16/h4,6-8,14H,1,5H2,2-3H3/b9-6+,13-7?. The summed E-state index contributed by atoms with van der Waals surface area (Å²) in [6, 6.07) is 0. The second-order valence-electron chi connectivity index (χ2n) is 3.02. The summed E-state index contributed by atoms with van der Waals surface area (Å²) in [6.07, 6.45) is 7.01. The van der Waals surface area contributed by atoms with Gasteiger partial charge in [0.05, 0.1) is 17.6 Å². The summed E-state index contributed by atoms with van der Waals surface area (Å²) in [7, 11) is 1.70. The zero-order valence-corrected chi connectivity index (χ0v) is 10.2. The van der Waals surface area contributed by atoms with Crippen molar-refractivity contribution < 1.29 is 0 Å². The molecule has 16 heavy (non-hydrogen) atoms. The third-order valence-electron chi connectivity index (χ3n) is 1.85. The van der Waals surface area contributed by atoms with Crippen LogP contribution in [-0.4, -0.2) is 29.6 Å². The Morgan fingerprint density at radius 2 is 2.50 bits per heavy atom. The molecule has 1 aromatic heterocycles. The quantitative estimate of drug-likeness (QED) is 0.633. The van der Waals surface area contributed by atoms with Crippen molar-refractivity contribution in [1.29, 1.82) is 0 Å². The van der Waals surface area contributed by atoms with Crippen LogP contribution in [0.3, 0.4) is 0 Å². The minimum Gasteiger partial charge on any atom is -0.382 e. The van der Waals surface area contributed by atoms with Gasteiger partial charge in [0.1, 0.15) is 0 Å². The molecule has 0 bridgehead atoms. The minimum absolute atomic E-state index is 0.446. The summed E-state index contributed by atoms with van der Waals surface area (Å²) in [5.74, 6) is 0. The molecule has 0 aliphatic carbocycles. The van der Waals surface area contributed by atoms with Gasteiger partial charge in [-0.05, 0) is 13.0 Å². The van der Waals surface area contributed by atoms with Crippen LogP contribution < -0.4 is 5.32 Å². The molecule has 86 valence electrons. The maximum absolute atomic E-state index is 5.98. The fourth-order valence-corrected chi connectivity index (χ4v) is 1.42. The number of nitrogens with zero attached hydrogens (tertiary/aromatic N) is 3. The van der Waals surface area contributed by atoms with Crippen LogP contribution in [0.4, 0.5) is 5.69 Å². The molecular formula is C11H15ClN4. The van der Waals surface area contributed by atoms with E-state index in [4.69, 9.17) is 11.6 Å². The first-order valence-corrected chi connectivity index (χ1v) is 5.35. The van der Waals surface area contributed by atoms with E-state index in [-0.39, 0.29) is 0 Å². The van der Waals surface area contributed by atoms with Gasteiger partial charge in [-0.25, -0.2) is 4.68 Å². The van der Waals surface area contributed by atoms with E-state index in [2.05, 4.69) is 22.0 Å². The number of aromatic nitrogens is 2. The molecule has 0 aromatic carbocycles. The predicted octanol–water partition coefficient (Wildman–Crippen LogP) is 2.70. The van der Waals surface area contributed by atoms with Gasteiger partial charge in [-0.3, -0.25) is 4.99 Å². The van der Waals surface area contributed by atoms with E-state index in [0.29, 0.717) is 5.15 Å². The number of hydrogen-bond donors (Lipinski definition) is 1. The first-order chi connectivity index (χ1) is 7.72. The van der Waals surface area contributed by atoms with E-state index in [1.165, 1.54) is 0 Å². The van der Waals surface area contributed by atoms with Gasteiger partial charge in [-0.1, -0.05) is 24.3 Å². The molecule has 0 spiro atoms. The molecule has 1 rings (SSSR count). The van der Waals surface area contributed by atoms with Crippen LogP contribution in [0.15, 0.2) is 29.9 Å². The molecule has 1 heterocycles. The SMILES string of the molecule is C=C/C=C(\C=NC)n1cc(NCC)c(Cl)n1. The lowest BCUT2D eigenvalue weighted by atomic mass is 10.4. The van der Waals surface area contributed by atoms with Gasteiger partial charge in [-0.2, -0.15) is 5.10 Å². The van der Waals surface area contributed by atoms with Gasteiger partial charge in [0.15, 0.2) is 5.15 Å². The van der Waals surface area contributed by atoms with Gasteiger partial charge in [0.25, 0.3) is 0 Å². The topological polar surface area (TPSA) is 42.2 Å². The predicted molar refractivity (Wildman–Crippen MR) is 70.3 cm³/mol. The molecule has 0 fully saturated rings. The van der Waals surface area contributed by atoms with Crippen LogP contribution in [0.1, 0.15) is 6.92 Å². The Balaban J connectivity index is 3.06. The Morgan fingerprint density at radius 1 is 1.75 bits per heavy atom. The maximum atomic E-state index is 5.98. The lowest BCUT2D eigenvalue weighted by Crippen LogP contribution is -1.99. The number of hydrogen-bond acceptors (Lipinski definition) is 3. The minimum atomic E-state index is 0.446. The van der Waals surface area contributed by atoms with Crippen molar-refractivity contribution in [2.75, 3.05) is 18.9 Å². The average Bonchev–Trinajstić information content (AvgIpc) is 2.61. The van der Waals surface area contributed by atoms with E-state index >= 15 is 0 Å². The third kappa shape index (κ3) is 2.97. The second-order valence-corrected chi connectivity index (χ2v) is 3.38. The Labute approximate surface area is 100 Å². The van der Waals surface area contributed by atoms with Crippen LogP contribution in [-0.2, 0) is 0 Å². The van der Waals surface area contributed by atoms with Crippen molar-refractivity contribution in [3.8, 4) is 0 Å². The van der Waals surface area contributed by atoms with Crippen molar-refractivity contribution in [2.45, 2.75) is 6.92 Å². The van der Waals surface area contributed by atoms with Gasteiger partial charge >= 0.3 is 0 Å². The zero-order valence-electron chi connectivity index (χ0n) is 9.44. The highest BCUT2D eigenvalue weighted by molar-refractivity contribution is 6.32. The van der Waals surface area contributed by atoms with Crippen molar-refractivity contribution in [3.05, 3.63) is 30.1 Å². The van der Waals surface area contributed by atoms with E-state index in [1.54, 1.807) is 24.0 Å². The molecule has 0 unspecified atom stereocenters. The summed E-state index contributed by atoms with van der Waals surface area (Å²) in [6.45, 7) is 6.45. The number of nitrogens with one attached hydrogen (secondary N) is 1. The molecule has 0 aliphatic heterocycles. The Hall–Kier alpha value is -1.55. The van der Waals surface area contributed by atoms with Crippen LogP contribution in [0.25, 0.3) is 5.70 Å². The van der Waals surface area contributed by atoms with E-state index in [0.717, 1.165) is 17.9 Å². The Morgan fingerprint density at radius 3 is 3.06 bits per heavy atom. The first kappa shape index (κ1) is 12.5. The summed E-state index contributed by atoms with van der Waals surface area (Å²) in [5, 5.41) is 7.75. The van der Waals surface area contributed by atoms with Crippen molar-refractivity contribution in [3.63, 3.8) is 0 Å². The largest absolute Gasteiger partial charge is 0.382 e. The fourth-order valence-electron chi connectivity index (χ4n) is 1.23. The Kier molecular flexibility index (Phi) is 4.79. The van der Waals surface area contributed by atoms with Crippen LogP contribution >= 0.6 is 11.6 Å². The van der Waals surface area contributed by atoms with E-state index < -0.39 is 0 Å². The van der Waals surface area contributed by atoms with E-state index in [9.17, 15) is 0 Å². The zero-order chi connectivity index (χ0) is 12.0. The van der Waals surface area contributed by atoms with Crippen molar-refractivity contribution in [2.24, 2.45) is 4.99 Å². The highest BCUT2D eigenvalue weighted by Crippen LogP contribution is 2.20. The van der Waals surface area contributed by atoms with Crippen LogP contribution in [0.5, 0.6) is 0 Å². The van der Waals surface area contributed by atoms with Crippen LogP contribution in [0, 0.1) is 0 Å². The number of halogens is 1. The molecule has 1 N–H and O–H groups in total. The summed E-state index contributed by atoms with van der Waals surface area (Å²) in [5.41, 5.74) is 1.62. The van der Waals surface area contributed by atoms with Crippen molar-refractivity contribution >= 4 is 29.2 Å². The molecule has 1 aromatic rings. The number of aliphatic imine (C=N–C) groups is 1. The van der Waals surface area contributed by atoms with E-state index in [1.807, 2.05) is 19.2 Å². The smallest absolute Gasteiger partial charge is 0.174 e. The average molecular weight is 239 g/mol. The summed E-state index contributed by atoms with van der Waals surface area (Å²) >= 11 is 5.98. The highest BCUT2D eigenvalue weighted by Gasteiger charge is 2.07. The van der Waals surface area contributed by atoms with Gasteiger partial charge in [0, 0.05) is 19.8 Å². The van der Waals surface area contributed by atoms with Crippen molar-refractivity contribution in [1.82, 2.24) is 9.78 Å². The fraction of sp³-hybridized carbons (Fsp3) is 0.273. The summed E-state index contributed by atoms with van der Waals surface area (Å²) in [4.78, 5) is 3.95. The Bertz CT molecular complexity index is 418. The first-order valence-electron chi connectivity index (χ1n) is 4.97. The molecule has 0 saturated heterocycles. The highest BCUT2D eigenvalue weighted by atomic mass is 35.5. The molecule has 0 amide bonds. The molecule has 0 aliphatic rings. The second kappa shape index (κ2) is 6.12. The van der Waals surface area contributed by atoms with Gasteiger partial charge in [0.2, 0.25) is 0 Å². The molecule has 0 saturated carbocycles. The number of rotatable bonds is 5. The normalized spacial score (nSPS) is 12.1. The molecule has 0 radical (unpaired) electrons. The number of allylic oxidation sites excluding steroid dienone is 3. The monoisotopic (exact) mass is 238 g/mol. The molecular weight excluding hydrogens is 224 g/mol. The lowest BCUT2D eigenvalue weighted by molar-refractivity contribution is 0.920. The molecule has 5 heteroatoms. The van der Waals surface area contributed by atoms with Crippen LogP contribution in [0.2, 0.25) is 5.15 Å². The third-order valence-corrected chi connectivity index (χ3v) is 2.13. The molecule has 0 atom stereocenters. The lowest BCUT2D eigenvalue weighted by Gasteiger charge is -1.99. The molecule has 4 nitrogen and oxygen atoms in total.